The molecule has 33 heavy (non-hydrogen) atoms. The normalized spacial score (nSPS) is 13.9. The van der Waals surface area contributed by atoms with Gasteiger partial charge < -0.3 is 10.6 Å². The largest absolute Gasteiger partial charge is 0.346 e. The number of nitrogens with one attached hydrogen (secondary N) is 2. The summed E-state index contributed by atoms with van der Waals surface area (Å²) in [5.74, 6) is 0.765. The van der Waals surface area contributed by atoms with Crippen molar-refractivity contribution in [3.63, 3.8) is 0 Å². The minimum atomic E-state index is -0.130. The highest BCUT2D eigenvalue weighted by Crippen LogP contribution is 2.31. The van der Waals surface area contributed by atoms with Gasteiger partial charge in [-0.3, -0.25) is 9.59 Å². The molecule has 4 aromatic rings. The zero-order valence-electron chi connectivity index (χ0n) is 18.1. The van der Waals surface area contributed by atoms with Crippen LogP contribution in [0.3, 0.4) is 0 Å². The molecule has 1 aromatic heterocycles. The molecule has 1 aliphatic rings. The number of amides is 2. The lowest BCUT2D eigenvalue weighted by Crippen LogP contribution is -2.27. The number of nitrogens with zero attached hydrogens (tertiary/aromatic N) is 1. The Morgan fingerprint density at radius 1 is 1.12 bits per heavy atom. The number of para-hydroxylation sites is 1. The Morgan fingerprint density at radius 2 is 1.94 bits per heavy atom. The van der Waals surface area contributed by atoms with Gasteiger partial charge in [0.15, 0.2) is 4.34 Å². The van der Waals surface area contributed by atoms with Gasteiger partial charge in [-0.1, -0.05) is 48.2 Å². The maximum atomic E-state index is 12.8. The van der Waals surface area contributed by atoms with Crippen LogP contribution < -0.4 is 10.6 Å². The first-order valence-corrected chi connectivity index (χ1v) is 12.7. The molecular formula is C26H23N3O2S2. The van der Waals surface area contributed by atoms with Crippen molar-refractivity contribution in [1.82, 2.24) is 10.3 Å². The van der Waals surface area contributed by atoms with E-state index in [1.165, 1.54) is 4.70 Å². The third-order valence-corrected chi connectivity index (χ3v) is 7.98. The van der Waals surface area contributed by atoms with Crippen molar-refractivity contribution in [2.45, 2.75) is 35.9 Å². The summed E-state index contributed by atoms with van der Waals surface area (Å²) in [4.78, 5) is 29.0. The number of aryl methyl sites for hydroxylation is 1. The summed E-state index contributed by atoms with van der Waals surface area (Å²) in [5.41, 5.74) is 5.84. The Balaban J connectivity index is 1.19. The van der Waals surface area contributed by atoms with Crippen LogP contribution in [0, 0.1) is 0 Å². The molecule has 0 saturated heterocycles. The summed E-state index contributed by atoms with van der Waals surface area (Å²) in [6.07, 6.45) is 1.23. The Morgan fingerprint density at radius 3 is 2.76 bits per heavy atom. The Labute approximate surface area is 200 Å². The van der Waals surface area contributed by atoms with Crippen molar-refractivity contribution in [2.75, 3.05) is 5.32 Å². The number of carbonyl (C=O) groups is 2. The summed E-state index contributed by atoms with van der Waals surface area (Å²) >= 11 is 3.42. The second-order valence-corrected chi connectivity index (χ2v) is 10.3. The van der Waals surface area contributed by atoms with E-state index in [-0.39, 0.29) is 17.9 Å². The lowest BCUT2D eigenvalue weighted by Gasteiger charge is -2.20. The minimum Gasteiger partial charge on any atom is -0.346 e. The van der Waals surface area contributed by atoms with E-state index in [1.54, 1.807) is 23.1 Å². The molecule has 2 N–H and O–H groups in total. The molecule has 2 amide bonds. The standard InChI is InChI=1S/C26H23N3O2S2/c1-16(19-10-12-21-20(14-19)11-13-24(30)28-21)27-25(31)18-8-6-17(7-9-18)15-32-26-29-22-4-2-3-5-23(22)33-26/h2-10,12,14,16H,11,13,15H2,1H3,(H,27,31)(H,28,30). The molecule has 3 aromatic carbocycles. The van der Waals surface area contributed by atoms with Crippen molar-refractivity contribution in [2.24, 2.45) is 0 Å². The lowest BCUT2D eigenvalue weighted by molar-refractivity contribution is -0.116. The van der Waals surface area contributed by atoms with Crippen molar-refractivity contribution in [3.8, 4) is 0 Å². The number of carbonyl (C=O) groups excluding carboxylic acids is 2. The van der Waals surface area contributed by atoms with Crippen LogP contribution in [0.1, 0.15) is 46.4 Å². The number of benzene rings is 3. The summed E-state index contributed by atoms with van der Waals surface area (Å²) in [6.45, 7) is 1.98. The second kappa shape index (κ2) is 9.37. The molecule has 0 bridgehead atoms. The van der Waals surface area contributed by atoms with Gasteiger partial charge in [0.1, 0.15) is 0 Å². The lowest BCUT2D eigenvalue weighted by atomic mass is 9.97. The predicted molar refractivity (Wildman–Crippen MR) is 135 cm³/mol. The highest BCUT2D eigenvalue weighted by atomic mass is 32.2. The molecule has 5 rings (SSSR count). The molecule has 1 unspecified atom stereocenters. The van der Waals surface area contributed by atoms with Gasteiger partial charge in [-0.2, -0.15) is 0 Å². The second-order valence-electron chi connectivity index (χ2n) is 8.09. The summed E-state index contributed by atoms with van der Waals surface area (Å²) in [6, 6.07) is 21.7. The smallest absolute Gasteiger partial charge is 0.251 e. The fraction of sp³-hybridized carbons (Fsp3) is 0.192. The Bertz CT molecular complexity index is 1300. The van der Waals surface area contributed by atoms with Crippen LogP contribution in [0.15, 0.2) is 71.1 Å². The molecule has 1 atom stereocenters. The first-order valence-electron chi connectivity index (χ1n) is 10.9. The molecule has 0 spiro atoms. The summed E-state index contributed by atoms with van der Waals surface area (Å²) in [5, 5.41) is 5.97. The van der Waals surface area contributed by atoms with Crippen LogP contribution in [0.4, 0.5) is 5.69 Å². The molecule has 5 nitrogen and oxygen atoms in total. The molecule has 7 heteroatoms. The van der Waals surface area contributed by atoms with Crippen LogP contribution in [0.2, 0.25) is 0 Å². The number of fused-ring (bicyclic) bond motifs is 2. The summed E-state index contributed by atoms with van der Waals surface area (Å²) < 4.78 is 2.25. The molecule has 166 valence electrons. The van der Waals surface area contributed by atoms with Gasteiger partial charge >= 0.3 is 0 Å². The zero-order valence-corrected chi connectivity index (χ0v) is 19.8. The molecule has 2 heterocycles. The quantitative estimate of drug-likeness (QED) is 0.339. The highest BCUT2D eigenvalue weighted by Gasteiger charge is 2.17. The topological polar surface area (TPSA) is 71.1 Å². The van der Waals surface area contributed by atoms with Crippen LogP contribution in [0.25, 0.3) is 10.2 Å². The van der Waals surface area contributed by atoms with Crippen molar-refractivity contribution in [1.29, 1.82) is 0 Å². The van der Waals surface area contributed by atoms with E-state index in [1.807, 2.05) is 61.5 Å². The minimum absolute atomic E-state index is 0.0542. The van der Waals surface area contributed by atoms with E-state index in [0.29, 0.717) is 12.0 Å². The van der Waals surface area contributed by atoms with Gasteiger partial charge in [-0.25, -0.2) is 4.98 Å². The van der Waals surface area contributed by atoms with Crippen LogP contribution >= 0.6 is 23.1 Å². The van der Waals surface area contributed by atoms with E-state index in [9.17, 15) is 9.59 Å². The molecule has 0 fully saturated rings. The van der Waals surface area contributed by atoms with Gasteiger partial charge in [-0.05, 0) is 60.4 Å². The van der Waals surface area contributed by atoms with Crippen molar-refractivity contribution in [3.05, 3.63) is 89.0 Å². The van der Waals surface area contributed by atoms with Gasteiger partial charge in [0.05, 0.1) is 16.3 Å². The molecular weight excluding hydrogens is 450 g/mol. The SMILES string of the molecule is CC(NC(=O)c1ccc(CSc2nc3ccccc3s2)cc1)c1ccc2c(c1)CCC(=O)N2. The average molecular weight is 474 g/mol. The third-order valence-electron chi connectivity index (χ3n) is 5.73. The van der Waals surface area contributed by atoms with E-state index >= 15 is 0 Å². The number of aromatic nitrogens is 1. The van der Waals surface area contributed by atoms with E-state index < -0.39 is 0 Å². The number of rotatable bonds is 6. The zero-order chi connectivity index (χ0) is 22.8. The maximum Gasteiger partial charge on any atom is 0.251 e. The predicted octanol–water partition coefficient (Wildman–Crippen LogP) is 5.96. The van der Waals surface area contributed by atoms with Gasteiger partial charge in [-0.15, -0.1) is 11.3 Å². The fourth-order valence-electron chi connectivity index (χ4n) is 3.85. The van der Waals surface area contributed by atoms with Gasteiger partial charge in [0, 0.05) is 23.4 Å². The molecule has 0 aliphatic carbocycles. The summed E-state index contributed by atoms with van der Waals surface area (Å²) in [7, 11) is 0. The molecule has 0 radical (unpaired) electrons. The average Bonchev–Trinajstić information content (AvgIpc) is 3.25. The fourth-order valence-corrected chi connectivity index (χ4v) is 5.87. The number of anilines is 1. The van der Waals surface area contributed by atoms with Gasteiger partial charge in [0.2, 0.25) is 5.91 Å². The molecule has 1 aliphatic heterocycles. The molecule has 0 saturated carbocycles. The van der Waals surface area contributed by atoms with E-state index in [4.69, 9.17) is 0 Å². The van der Waals surface area contributed by atoms with Crippen molar-refractivity contribution < 1.29 is 9.59 Å². The monoisotopic (exact) mass is 473 g/mol. The Hall–Kier alpha value is -3.16. The van der Waals surface area contributed by atoms with Gasteiger partial charge in [0.25, 0.3) is 5.91 Å². The maximum absolute atomic E-state index is 12.8. The first kappa shape index (κ1) is 21.7. The van der Waals surface area contributed by atoms with Crippen LogP contribution in [0.5, 0.6) is 0 Å². The number of thiazole rings is 1. The Kier molecular flexibility index (Phi) is 6.15. The van der Waals surface area contributed by atoms with E-state index in [0.717, 1.165) is 44.4 Å². The highest BCUT2D eigenvalue weighted by molar-refractivity contribution is 8.00. The van der Waals surface area contributed by atoms with E-state index in [2.05, 4.69) is 27.8 Å². The van der Waals surface area contributed by atoms with Crippen LogP contribution in [-0.2, 0) is 17.0 Å². The number of hydrogen-bond acceptors (Lipinski definition) is 5. The van der Waals surface area contributed by atoms with Crippen LogP contribution in [-0.4, -0.2) is 16.8 Å². The first-order chi connectivity index (χ1) is 16.0. The third kappa shape index (κ3) is 4.94. The number of hydrogen-bond donors (Lipinski definition) is 2. The number of thioether (sulfide) groups is 1. The van der Waals surface area contributed by atoms with Crippen molar-refractivity contribution >= 4 is 50.8 Å².